The summed E-state index contributed by atoms with van der Waals surface area (Å²) in [5.74, 6) is -0.0213. The minimum atomic E-state index is -0.0213. The zero-order chi connectivity index (χ0) is 15.4. The SMILES string of the molecule is O=C(c1ccccc1Cl)N1CCO[C@@H](Cc2ccccc2)C1. The van der Waals surface area contributed by atoms with E-state index in [1.165, 1.54) is 5.56 Å². The van der Waals surface area contributed by atoms with Crippen LogP contribution in [0.3, 0.4) is 0 Å². The molecule has 0 N–H and O–H groups in total. The van der Waals surface area contributed by atoms with E-state index in [1.807, 2.05) is 35.2 Å². The molecule has 0 aliphatic carbocycles. The van der Waals surface area contributed by atoms with Gasteiger partial charge in [-0.3, -0.25) is 4.79 Å². The molecule has 0 aromatic heterocycles. The van der Waals surface area contributed by atoms with Gasteiger partial charge in [-0.25, -0.2) is 0 Å². The minimum Gasteiger partial charge on any atom is -0.374 e. The van der Waals surface area contributed by atoms with Crippen molar-refractivity contribution in [1.29, 1.82) is 0 Å². The summed E-state index contributed by atoms with van der Waals surface area (Å²) in [5.41, 5.74) is 1.78. The molecule has 1 aliphatic heterocycles. The lowest BCUT2D eigenvalue weighted by atomic mass is 10.1. The molecule has 1 aliphatic rings. The van der Waals surface area contributed by atoms with Crippen LogP contribution < -0.4 is 0 Å². The number of ether oxygens (including phenoxy) is 1. The van der Waals surface area contributed by atoms with Crippen molar-refractivity contribution < 1.29 is 9.53 Å². The van der Waals surface area contributed by atoms with Gasteiger partial charge in [0.25, 0.3) is 5.91 Å². The van der Waals surface area contributed by atoms with E-state index in [0.717, 1.165) is 6.42 Å². The summed E-state index contributed by atoms with van der Waals surface area (Å²) in [4.78, 5) is 14.4. The highest BCUT2D eigenvalue weighted by Crippen LogP contribution is 2.19. The molecule has 0 radical (unpaired) electrons. The summed E-state index contributed by atoms with van der Waals surface area (Å²) in [6.45, 7) is 1.77. The van der Waals surface area contributed by atoms with E-state index >= 15 is 0 Å². The summed E-state index contributed by atoms with van der Waals surface area (Å²) in [7, 11) is 0. The zero-order valence-electron chi connectivity index (χ0n) is 12.2. The van der Waals surface area contributed by atoms with Crippen molar-refractivity contribution in [3.63, 3.8) is 0 Å². The molecule has 0 bridgehead atoms. The van der Waals surface area contributed by atoms with Gasteiger partial charge in [0, 0.05) is 19.5 Å². The van der Waals surface area contributed by atoms with Gasteiger partial charge in [0.15, 0.2) is 0 Å². The van der Waals surface area contributed by atoms with E-state index in [9.17, 15) is 4.79 Å². The first kappa shape index (κ1) is 15.1. The number of carbonyl (C=O) groups excluding carboxylic acids is 1. The number of nitrogens with zero attached hydrogens (tertiary/aromatic N) is 1. The molecule has 1 amide bonds. The Morgan fingerprint density at radius 2 is 1.86 bits per heavy atom. The van der Waals surface area contributed by atoms with Crippen LogP contribution in [0.2, 0.25) is 5.02 Å². The monoisotopic (exact) mass is 315 g/mol. The Hall–Kier alpha value is -1.84. The molecule has 114 valence electrons. The fraction of sp³-hybridized carbons (Fsp3) is 0.278. The Bertz CT molecular complexity index is 645. The molecular formula is C18H18ClNO2. The molecule has 22 heavy (non-hydrogen) atoms. The van der Waals surface area contributed by atoms with Crippen LogP contribution in [0.25, 0.3) is 0 Å². The van der Waals surface area contributed by atoms with Crippen molar-refractivity contribution in [2.75, 3.05) is 19.7 Å². The second-order valence-electron chi connectivity index (χ2n) is 5.41. The van der Waals surface area contributed by atoms with E-state index < -0.39 is 0 Å². The highest BCUT2D eigenvalue weighted by molar-refractivity contribution is 6.33. The molecule has 4 heteroatoms. The van der Waals surface area contributed by atoms with Gasteiger partial charge in [-0.15, -0.1) is 0 Å². The number of hydrogen-bond donors (Lipinski definition) is 0. The average molecular weight is 316 g/mol. The van der Waals surface area contributed by atoms with Crippen molar-refractivity contribution >= 4 is 17.5 Å². The summed E-state index contributed by atoms with van der Waals surface area (Å²) in [6, 6.07) is 17.4. The van der Waals surface area contributed by atoms with E-state index in [4.69, 9.17) is 16.3 Å². The topological polar surface area (TPSA) is 29.5 Å². The van der Waals surface area contributed by atoms with Gasteiger partial charge in [0.1, 0.15) is 0 Å². The number of benzene rings is 2. The maximum Gasteiger partial charge on any atom is 0.255 e. The van der Waals surface area contributed by atoms with E-state index in [2.05, 4.69) is 12.1 Å². The Kier molecular flexibility index (Phi) is 4.76. The standard InChI is InChI=1S/C18H18ClNO2/c19-17-9-5-4-8-16(17)18(21)20-10-11-22-15(13-20)12-14-6-2-1-3-7-14/h1-9,15H,10-13H2/t15-/m0/s1. The molecule has 3 nitrogen and oxygen atoms in total. The van der Waals surface area contributed by atoms with Gasteiger partial charge in [-0.1, -0.05) is 54.1 Å². The summed E-state index contributed by atoms with van der Waals surface area (Å²) in [6.07, 6.45) is 0.843. The predicted octanol–water partition coefficient (Wildman–Crippen LogP) is 3.42. The summed E-state index contributed by atoms with van der Waals surface area (Å²) in [5, 5.41) is 0.499. The van der Waals surface area contributed by atoms with Crippen LogP contribution in [0, 0.1) is 0 Å². The molecule has 1 saturated heterocycles. The largest absolute Gasteiger partial charge is 0.374 e. The Morgan fingerprint density at radius 1 is 1.14 bits per heavy atom. The number of amides is 1. The van der Waals surface area contributed by atoms with Crippen molar-refractivity contribution in [2.24, 2.45) is 0 Å². The fourth-order valence-electron chi connectivity index (χ4n) is 2.71. The maximum absolute atomic E-state index is 12.6. The van der Waals surface area contributed by atoms with Crippen molar-refractivity contribution in [2.45, 2.75) is 12.5 Å². The third-order valence-corrected chi connectivity index (χ3v) is 4.17. The van der Waals surface area contributed by atoms with Crippen LogP contribution in [0.4, 0.5) is 0 Å². The number of hydrogen-bond acceptors (Lipinski definition) is 2. The molecule has 0 spiro atoms. The van der Waals surface area contributed by atoms with Crippen LogP contribution in [-0.2, 0) is 11.2 Å². The zero-order valence-corrected chi connectivity index (χ0v) is 13.0. The molecule has 1 heterocycles. The van der Waals surface area contributed by atoms with Gasteiger partial charge in [0.2, 0.25) is 0 Å². The molecule has 2 aromatic rings. The Balaban J connectivity index is 1.68. The lowest BCUT2D eigenvalue weighted by Gasteiger charge is -2.33. The second kappa shape index (κ2) is 6.95. The number of rotatable bonds is 3. The van der Waals surface area contributed by atoms with Crippen molar-refractivity contribution in [3.05, 3.63) is 70.7 Å². The lowest BCUT2D eigenvalue weighted by Crippen LogP contribution is -2.46. The molecular weight excluding hydrogens is 298 g/mol. The first-order valence-electron chi connectivity index (χ1n) is 7.43. The maximum atomic E-state index is 12.6. The number of carbonyl (C=O) groups is 1. The van der Waals surface area contributed by atoms with Crippen molar-refractivity contribution in [1.82, 2.24) is 4.90 Å². The second-order valence-corrected chi connectivity index (χ2v) is 5.82. The highest BCUT2D eigenvalue weighted by Gasteiger charge is 2.26. The van der Waals surface area contributed by atoms with Crippen LogP contribution in [0.15, 0.2) is 54.6 Å². The van der Waals surface area contributed by atoms with Crippen LogP contribution >= 0.6 is 11.6 Å². The average Bonchev–Trinajstić information content (AvgIpc) is 2.56. The molecule has 3 rings (SSSR count). The third kappa shape index (κ3) is 3.49. The van der Waals surface area contributed by atoms with Crippen LogP contribution in [0.5, 0.6) is 0 Å². The molecule has 0 saturated carbocycles. The highest BCUT2D eigenvalue weighted by atomic mass is 35.5. The lowest BCUT2D eigenvalue weighted by molar-refractivity contribution is -0.0208. The van der Waals surface area contributed by atoms with Gasteiger partial charge in [0.05, 0.1) is 23.3 Å². The molecule has 2 aromatic carbocycles. The third-order valence-electron chi connectivity index (χ3n) is 3.84. The van der Waals surface area contributed by atoms with Gasteiger partial charge >= 0.3 is 0 Å². The van der Waals surface area contributed by atoms with Gasteiger partial charge in [-0.05, 0) is 17.7 Å². The number of halogens is 1. The molecule has 1 atom stereocenters. The number of morpholine rings is 1. The van der Waals surface area contributed by atoms with Gasteiger partial charge in [-0.2, -0.15) is 0 Å². The van der Waals surface area contributed by atoms with Crippen LogP contribution in [-0.4, -0.2) is 36.6 Å². The predicted molar refractivity (Wildman–Crippen MR) is 87.2 cm³/mol. The molecule has 1 fully saturated rings. The summed E-state index contributed by atoms with van der Waals surface area (Å²) < 4.78 is 5.80. The van der Waals surface area contributed by atoms with Gasteiger partial charge < -0.3 is 9.64 Å². The quantitative estimate of drug-likeness (QED) is 0.868. The Labute approximate surface area is 135 Å². The first-order valence-corrected chi connectivity index (χ1v) is 7.81. The van der Waals surface area contributed by atoms with Crippen molar-refractivity contribution in [3.8, 4) is 0 Å². The minimum absolute atomic E-state index is 0.0213. The normalized spacial score (nSPS) is 18.2. The summed E-state index contributed by atoms with van der Waals surface area (Å²) >= 11 is 6.13. The molecule has 0 unspecified atom stereocenters. The first-order chi connectivity index (χ1) is 10.7. The smallest absolute Gasteiger partial charge is 0.255 e. The van der Waals surface area contributed by atoms with E-state index in [-0.39, 0.29) is 12.0 Å². The van der Waals surface area contributed by atoms with E-state index in [1.54, 1.807) is 12.1 Å². The Morgan fingerprint density at radius 3 is 2.64 bits per heavy atom. The van der Waals surface area contributed by atoms with Crippen LogP contribution in [0.1, 0.15) is 15.9 Å². The fourth-order valence-corrected chi connectivity index (χ4v) is 2.93. The van der Waals surface area contributed by atoms with E-state index in [0.29, 0.717) is 30.3 Å².